The van der Waals surface area contributed by atoms with Crippen molar-refractivity contribution in [3.63, 3.8) is 0 Å². The molecule has 11 heteroatoms. The molecular formula is C23H25F2N5O3S. The number of anilines is 1. The fourth-order valence-electron chi connectivity index (χ4n) is 4.18. The SMILES string of the molecule is CN(C)Cc1ccccc1C(=O)Nc1n[nH]c2c1CN(S(=O)(=O)c1cc(F)cc(F)c1)C2(C)C. The maximum Gasteiger partial charge on any atom is 0.257 e. The van der Waals surface area contributed by atoms with Crippen molar-refractivity contribution in [2.75, 3.05) is 19.4 Å². The Labute approximate surface area is 196 Å². The number of benzene rings is 2. The predicted octanol–water partition coefficient (Wildman–Crippen LogP) is 3.44. The number of carbonyl (C=O) groups excluding carboxylic acids is 1. The van der Waals surface area contributed by atoms with E-state index >= 15 is 0 Å². The molecule has 8 nitrogen and oxygen atoms in total. The van der Waals surface area contributed by atoms with Crippen molar-refractivity contribution in [2.24, 2.45) is 0 Å². The predicted molar refractivity (Wildman–Crippen MR) is 122 cm³/mol. The van der Waals surface area contributed by atoms with E-state index in [1.54, 1.807) is 26.0 Å². The molecule has 0 unspecified atom stereocenters. The van der Waals surface area contributed by atoms with Gasteiger partial charge in [-0.15, -0.1) is 0 Å². The Bertz CT molecular complexity index is 1350. The molecule has 4 rings (SSSR count). The van der Waals surface area contributed by atoms with E-state index in [0.29, 0.717) is 29.4 Å². The average molecular weight is 490 g/mol. The van der Waals surface area contributed by atoms with Crippen molar-refractivity contribution in [2.45, 2.75) is 37.4 Å². The molecule has 2 N–H and O–H groups in total. The van der Waals surface area contributed by atoms with Gasteiger partial charge in [0.2, 0.25) is 10.0 Å². The zero-order valence-corrected chi connectivity index (χ0v) is 20.0. The molecule has 2 heterocycles. The Balaban J connectivity index is 1.65. The minimum absolute atomic E-state index is 0.131. The van der Waals surface area contributed by atoms with Gasteiger partial charge in [-0.25, -0.2) is 17.2 Å². The van der Waals surface area contributed by atoms with Gasteiger partial charge in [0.05, 0.1) is 16.1 Å². The first-order valence-electron chi connectivity index (χ1n) is 10.5. The second-order valence-corrected chi connectivity index (χ2v) is 10.8. The Hall–Kier alpha value is -3.15. The van der Waals surface area contributed by atoms with Crippen LogP contribution in [0.5, 0.6) is 0 Å². The van der Waals surface area contributed by atoms with E-state index in [-0.39, 0.29) is 18.3 Å². The largest absolute Gasteiger partial charge is 0.305 e. The highest BCUT2D eigenvalue weighted by molar-refractivity contribution is 7.89. The summed E-state index contributed by atoms with van der Waals surface area (Å²) < 4.78 is 55.2. The number of nitrogens with zero attached hydrogens (tertiary/aromatic N) is 3. The van der Waals surface area contributed by atoms with Gasteiger partial charge in [-0.05, 0) is 51.7 Å². The molecule has 0 radical (unpaired) electrons. The molecule has 1 aliphatic heterocycles. The molecule has 0 spiro atoms. The van der Waals surface area contributed by atoms with Crippen LogP contribution in [0.1, 0.15) is 41.0 Å². The second-order valence-electron chi connectivity index (χ2n) is 8.95. The topological polar surface area (TPSA) is 98.4 Å². The minimum Gasteiger partial charge on any atom is -0.305 e. The molecule has 34 heavy (non-hydrogen) atoms. The van der Waals surface area contributed by atoms with Crippen LogP contribution < -0.4 is 5.32 Å². The summed E-state index contributed by atoms with van der Waals surface area (Å²) in [6.07, 6.45) is 0. The Morgan fingerprint density at radius 2 is 1.82 bits per heavy atom. The molecule has 0 saturated carbocycles. The summed E-state index contributed by atoms with van der Waals surface area (Å²) in [6.45, 7) is 3.74. The van der Waals surface area contributed by atoms with Gasteiger partial charge in [-0.1, -0.05) is 18.2 Å². The number of carbonyl (C=O) groups is 1. The number of halogens is 2. The first-order valence-corrected chi connectivity index (χ1v) is 12.0. The summed E-state index contributed by atoms with van der Waals surface area (Å²) in [5.74, 6) is -2.14. The van der Waals surface area contributed by atoms with Crippen LogP contribution in [-0.2, 0) is 28.7 Å². The zero-order valence-electron chi connectivity index (χ0n) is 19.2. The van der Waals surface area contributed by atoms with Crippen LogP contribution in [0, 0.1) is 11.6 Å². The third-order valence-corrected chi connectivity index (χ3v) is 7.81. The van der Waals surface area contributed by atoms with Crippen molar-refractivity contribution >= 4 is 21.7 Å². The molecular weight excluding hydrogens is 464 g/mol. The van der Waals surface area contributed by atoms with E-state index in [0.717, 1.165) is 22.0 Å². The van der Waals surface area contributed by atoms with Crippen LogP contribution in [-0.4, -0.2) is 47.8 Å². The normalized spacial score (nSPS) is 15.5. The number of aromatic amines is 1. The van der Waals surface area contributed by atoms with Crippen LogP contribution in [0.2, 0.25) is 0 Å². The highest BCUT2D eigenvalue weighted by Gasteiger charge is 2.48. The minimum atomic E-state index is -4.26. The van der Waals surface area contributed by atoms with E-state index in [1.807, 2.05) is 31.1 Å². The Morgan fingerprint density at radius 3 is 2.47 bits per heavy atom. The number of amides is 1. The molecule has 0 fully saturated rings. The average Bonchev–Trinajstić information content (AvgIpc) is 3.25. The standard InChI is InChI=1S/C23H25F2N5O3S/c1-23(2)20-19(13-30(23)34(32,33)17-10-15(24)9-16(25)11-17)21(28-27-20)26-22(31)18-8-6-5-7-14(18)12-29(3)4/h5-11H,12-13H2,1-4H3,(H2,26,27,28,31). The molecule has 0 aliphatic carbocycles. The number of aromatic nitrogens is 2. The molecule has 0 atom stereocenters. The van der Waals surface area contributed by atoms with Crippen molar-refractivity contribution in [3.05, 3.63) is 76.5 Å². The van der Waals surface area contributed by atoms with Gasteiger partial charge in [0.1, 0.15) is 11.6 Å². The van der Waals surface area contributed by atoms with E-state index in [4.69, 9.17) is 0 Å². The number of rotatable bonds is 6. The van der Waals surface area contributed by atoms with Gasteiger partial charge >= 0.3 is 0 Å². The molecule has 1 aromatic heterocycles. The smallest absolute Gasteiger partial charge is 0.257 e. The third kappa shape index (κ3) is 4.22. The van der Waals surface area contributed by atoms with Gasteiger partial charge in [0, 0.05) is 30.3 Å². The number of hydrogen-bond donors (Lipinski definition) is 2. The zero-order chi connectivity index (χ0) is 24.8. The molecule has 3 aromatic rings. The number of fused-ring (bicyclic) bond motifs is 1. The van der Waals surface area contributed by atoms with E-state index in [2.05, 4.69) is 15.5 Å². The Kier molecular flexibility index (Phi) is 6.05. The van der Waals surface area contributed by atoms with Gasteiger partial charge in [-0.2, -0.15) is 9.40 Å². The summed E-state index contributed by atoms with van der Waals surface area (Å²) in [5, 5.41) is 9.81. The fourth-order valence-corrected chi connectivity index (χ4v) is 5.95. The molecule has 180 valence electrons. The van der Waals surface area contributed by atoms with Crippen LogP contribution in [0.4, 0.5) is 14.6 Å². The van der Waals surface area contributed by atoms with Crippen LogP contribution in [0.25, 0.3) is 0 Å². The monoisotopic (exact) mass is 489 g/mol. The summed E-state index contributed by atoms with van der Waals surface area (Å²) in [6, 6.07) is 9.36. The van der Waals surface area contributed by atoms with Gasteiger partial charge < -0.3 is 10.2 Å². The van der Waals surface area contributed by atoms with Crippen LogP contribution in [0.3, 0.4) is 0 Å². The van der Waals surface area contributed by atoms with Crippen molar-refractivity contribution in [3.8, 4) is 0 Å². The molecule has 0 saturated heterocycles. The highest BCUT2D eigenvalue weighted by Crippen LogP contribution is 2.43. The lowest BCUT2D eigenvalue weighted by atomic mass is 10.0. The number of sulfonamides is 1. The summed E-state index contributed by atoms with van der Waals surface area (Å²) in [4.78, 5) is 14.5. The molecule has 1 amide bonds. The molecule has 2 aromatic carbocycles. The number of nitrogens with one attached hydrogen (secondary N) is 2. The fraction of sp³-hybridized carbons (Fsp3) is 0.304. The maximum absolute atomic E-state index is 13.7. The van der Waals surface area contributed by atoms with Crippen molar-refractivity contribution in [1.29, 1.82) is 0 Å². The lowest BCUT2D eigenvalue weighted by molar-refractivity contribution is 0.102. The second kappa shape index (κ2) is 8.57. The summed E-state index contributed by atoms with van der Waals surface area (Å²) in [5.41, 5.74) is 1.18. The van der Waals surface area contributed by atoms with Crippen LogP contribution >= 0.6 is 0 Å². The van der Waals surface area contributed by atoms with Crippen LogP contribution in [0.15, 0.2) is 47.4 Å². The Morgan fingerprint density at radius 1 is 1.18 bits per heavy atom. The van der Waals surface area contributed by atoms with E-state index < -0.39 is 32.1 Å². The van der Waals surface area contributed by atoms with E-state index in [1.165, 1.54) is 0 Å². The highest BCUT2D eigenvalue weighted by atomic mass is 32.2. The first kappa shape index (κ1) is 24.0. The summed E-state index contributed by atoms with van der Waals surface area (Å²) >= 11 is 0. The quantitative estimate of drug-likeness (QED) is 0.553. The maximum atomic E-state index is 13.7. The third-order valence-electron chi connectivity index (χ3n) is 5.81. The molecule has 1 aliphatic rings. The lowest BCUT2D eigenvalue weighted by Gasteiger charge is -2.30. The van der Waals surface area contributed by atoms with Crippen molar-refractivity contribution in [1.82, 2.24) is 19.4 Å². The number of H-pyrrole nitrogens is 1. The molecule has 0 bridgehead atoms. The summed E-state index contributed by atoms with van der Waals surface area (Å²) in [7, 11) is -0.460. The number of hydrogen-bond acceptors (Lipinski definition) is 5. The van der Waals surface area contributed by atoms with Crippen molar-refractivity contribution < 1.29 is 22.0 Å². The lowest BCUT2D eigenvalue weighted by Crippen LogP contribution is -2.40. The first-order chi connectivity index (χ1) is 15.9. The van der Waals surface area contributed by atoms with Gasteiger partial charge in [0.25, 0.3) is 5.91 Å². The van der Waals surface area contributed by atoms with Gasteiger partial charge in [-0.3, -0.25) is 9.89 Å². The van der Waals surface area contributed by atoms with E-state index in [9.17, 15) is 22.0 Å². The van der Waals surface area contributed by atoms with Gasteiger partial charge in [0.15, 0.2) is 5.82 Å².